The number of nitrogens with zero attached hydrogens (tertiary/aromatic N) is 3. The topological polar surface area (TPSA) is 41.0 Å². The molecule has 0 saturated carbocycles. The van der Waals surface area contributed by atoms with Gasteiger partial charge in [-0.15, -0.1) is 5.10 Å². The van der Waals surface area contributed by atoms with E-state index in [0.717, 1.165) is 18.1 Å². The molecule has 0 amide bonds. The molecule has 1 saturated heterocycles. The molecule has 88 valence electrons. The molecule has 0 spiro atoms. The summed E-state index contributed by atoms with van der Waals surface area (Å²) in [5.41, 5.74) is 0.987. The number of hydrogen-bond donors (Lipinski definition) is 1. The van der Waals surface area contributed by atoms with E-state index in [-0.39, 0.29) is 0 Å². The second kappa shape index (κ2) is 5.50. The first kappa shape index (κ1) is 11.7. The van der Waals surface area contributed by atoms with Crippen molar-refractivity contribution in [2.45, 2.75) is 19.0 Å². The van der Waals surface area contributed by atoms with E-state index < -0.39 is 0 Å². The summed E-state index contributed by atoms with van der Waals surface area (Å²) in [5.74, 6) is 3.45. The summed E-state index contributed by atoms with van der Waals surface area (Å²) in [6.07, 6.45) is 1.25. The minimum absolute atomic E-state index is 0.620. The zero-order valence-corrected chi connectivity index (χ0v) is 10.6. The summed E-state index contributed by atoms with van der Waals surface area (Å²) < 4.78 is 0. The summed E-state index contributed by atoms with van der Waals surface area (Å²) in [6.45, 7) is 0.774. The Labute approximate surface area is 101 Å². The van der Waals surface area contributed by atoms with Crippen LogP contribution < -0.4 is 10.2 Å². The van der Waals surface area contributed by atoms with Gasteiger partial charge in [0, 0.05) is 25.4 Å². The molecule has 1 aliphatic heterocycles. The van der Waals surface area contributed by atoms with Crippen LogP contribution in [0, 0.1) is 0 Å². The normalized spacial score (nSPS) is 20.0. The maximum atomic E-state index is 4.27. The highest BCUT2D eigenvalue weighted by molar-refractivity contribution is 7.99. The predicted molar refractivity (Wildman–Crippen MR) is 68.9 cm³/mol. The van der Waals surface area contributed by atoms with Gasteiger partial charge in [0.15, 0.2) is 5.82 Å². The minimum Gasteiger partial charge on any atom is -0.354 e. The van der Waals surface area contributed by atoms with E-state index >= 15 is 0 Å². The van der Waals surface area contributed by atoms with Crippen LogP contribution in [0.1, 0.15) is 12.1 Å². The molecular formula is C11H18N4S. The van der Waals surface area contributed by atoms with Crippen LogP contribution in [0.5, 0.6) is 0 Å². The number of rotatable bonds is 4. The highest BCUT2D eigenvalue weighted by Crippen LogP contribution is 2.24. The van der Waals surface area contributed by atoms with Gasteiger partial charge in [0.2, 0.25) is 0 Å². The first-order valence-electron chi connectivity index (χ1n) is 5.59. The van der Waals surface area contributed by atoms with Crippen molar-refractivity contribution in [2.24, 2.45) is 0 Å². The van der Waals surface area contributed by atoms with Gasteiger partial charge in [0.25, 0.3) is 0 Å². The average Bonchev–Trinajstić information content (AvgIpc) is 2.83. The molecule has 0 bridgehead atoms. The van der Waals surface area contributed by atoms with Gasteiger partial charge < -0.3 is 10.2 Å². The minimum atomic E-state index is 0.620. The van der Waals surface area contributed by atoms with Crippen LogP contribution in [0.15, 0.2) is 12.1 Å². The van der Waals surface area contributed by atoms with Crippen LogP contribution in [0.25, 0.3) is 0 Å². The van der Waals surface area contributed by atoms with Crippen LogP contribution in [-0.2, 0) is 6.54 Å². The van der Waals surface area contributed by atoms with Gasteiger partial charge in [-0.2, -0.15) is 16.9 Å². The smallest absolute Gasteiger partial charge is 0.151 e. The van der Waals surface area contributed by atoms with E-state index in [1.807, 2.05) is 24.9 Å². The summed E-state index contributed by atoms with van der Waals surface area (Å²) in [7, 11) is 4.02. The first-order valence-corrected chi connectivity index (χ1v) is 6.74. The molecule has 0 radical (unpaired) electrons. The maximum absolute atomic E-state index is 4.27. The average molecular weight is 238 g/mol. The fraction of sp³-hybridized carbons (Fsp3) is 0.636. The first-order chi connectivity index (χ1) is 7.81. The third-order valence-electron chi connectivity index (χ3n) is 2.88. The van der Waals surface area contributed by atoms with Gasteiger partial charge in [-0.05, 0) is 31.4 Å². The molecule has 4 nitrogen and oxygen atoms in total. The lowest BCUT2D eigenvalue weighted by Crippen LogP contribution is -2.32. The van der Waals surface area contributed by atoms with E-state index in [4.69, 9.17) is 0 Å². The summed E-state index contributed by atoms with van der Waals surface area (Å²) in [6, 6.07) is 4.72. The Morgan fingerprint density at radius 3 is 2.94 bits per heavy atom. The monoisotopic (exact) mass is 238 g/mol. The van der Waals surface area contributed by atoms with Crippen molar-refractivity contribution in [3.63, 3.8) is 0 Å². The number of thioether (sulfide) groups is 1. The number of anilines is 1. The van der Waals surface area contributed by atoms with Crippen molar-refractivity contribution >= 4 is 17.6 Å². The highest BCUT2D eigenvalue weighted by atomic mass is 32.2. The van der Waals surface area contributed by atoms with E-state index in [2.05, 4.69) is 33.5 Å². The van der Waals surface area contributed by atoms with Crippen LogP contribution in [0.3, 0.4) is 0 Å². The van der Waals surface area contributed by atoms with E-state index in [9.17, 15) is 0 Å². The standard InChI is InChI=1S/C11H18N4S/c1-12-7-9-3-4-11(14-13-9)15(2)10-5-6-16-8-10/h3-4,10,12H,5-8H2,1-2H3. The quantitative estimate of drug-likeness (QED) is 0.852. The van der Waals surface area contributed by atoms with Crippen molar-refractivity contribution in [3.05, 3.63) is 17.8 Å². The second-order valence-corrected chi connectivity index (χ2v) is 5.19. The van der Waals surface area contributed by atoms with Crippen molar-refractivity contribution < 1.29 is 0 Å². The zero-order valence-electron chi connectivity index (χ0n) is 9.81. The third kappa shape index (κ3) is 2.65. The third-order valence-corrected chi connectivity index (χ3v) is 4.02. The Kier molecular flexibility index (Phi) is 4.01. The summed E-state index contributed by atoms with van der Waals surface area (Å²) in [4.78, 5) is 2.25. The van der Waals surface area contributed by atoms with Crippen LogP contribution in [0.4, 0.5) is 5.82 Å². The molecule has 1 aliphatic rings. The lowest BCUT2D eigenvalue weighted by Gasteiger charge is -2.24. The van der Waals surface area contributed by atoms with E-state index in [1.165, 1.54) is 17.9 Å². The SMILES string of the molecule is CNCc1ccc(N(C)C2CCSC2)nn1. The second-order valence-electron chi connectivity index (χ2n) is 4.04. The Hall–Kier alpha value is -0.810. The van der Waals surface area contributed by atoms with Gasteiger partial charge in [-0.1, -0.05) is 0 Å². The molecule has 1 N–H and O–H groups in total. The van der Waals surface area contributed by atoms with E-state index in [1.54, 1.807) is 0 Å². The Bertz CT molecular complexity index is 321. The molecule has 2 heterocycles. The molecular weight excluding hydrogens is 220 g/mol. The molecule has 0 aromatic carbocycles. The molecule has 5 heteroatoms. The molecule has 1 atom stereocenters. The van der Waals surface area contributed by atoms with Crippen LogP contribution >= 0.6 is 11.8 Å². The van der Waals surface area contributed by atoms with Gasteiger partial charge in [-0.3, -0.25) is 0 Å². The van der Waals surface area contributed by atoms with Crippen LogP contribution in [-0.4, -0.2) is 41.8 Å². The molecule has 1 unspecified atom stereocenters. The summed E-state index contributed by atoms with van der Waals surface area (Å²) >= 11 is 2.02. The van der Waals surface area contributed by atoms with Crippen LogP contribution in [0.2, 0.25) is 0 Å². The number of aromatic nitrogens is 2. The fourth-order valence-electron chi connectivity index (χ4n) is 1.83. The molecule has 1 aromatic rings. The van der Waals surface area contributed by atoms with Gasteiger partial charge in [-0.25, -0.2) is 0 Å². The largest absolute Gasteiger partial charge is 0.354 e. The van der Waals surface area contributed by atoms with Crippen molar-refractivity contribution in [1.29, 1.82) is 0 Å². The van der Waals surface area contributed by atoms with Gasteiger partial charge in [0.1, 0.15) is 0 Å². The van der Waals surface area contributed by atoms with Gasteiger partial charge >= 0.3 is 0 Å². The summed E-state index contributed by atoms with van der Waals surface area (Å²) in [5, 5.41) is 11.5. The number of hydrogen-bond acceptors (Lipinski definition) is 5. The predicted octanol–water partition coefficient (Wildman–Crippen LogP) is 1.14. The Morgan fingerprint density at radius 2 is 2.38 bits per heavy atom. The maximum Gasteiger partial charge on any atom is 0.151 e. The number of nitrogens with one attached hydrogen (secondary N) is 1. The zero-order chi connectivity index (χ0) is 11.4. The fourth-order valence-corrected chi connectivity index (χ4v) is 3.10. The van der Waals surface area contributed by atoms with E-state index in [0.29, 0.717) is 6.04 Å². The molecule has 2 rings (SSSR count). The molecule has 16 heavy (non-hydrogen) atoms. The highest BCUT2D eigenvalue weighted by Gasteiger charge is 2.21. The Morgan fingerprint density at radius 1 is 1.50 bits per heavy atom. The molecule has 0 aliphatic carbocycles. The van der Waals surface area contributed by atoms with Crippen molar-refractivity contribution in [2.75, 3.05) is 30.5 Å². The lowest BCUT2D eigenvalue weighted by molar-refractivity contribution is 0.680. The lowest BCUT2D eigenvalue weighted by atomic mass is 10.2. The Balaban J connectivity index is 2.02. The van der Waals surface area contributed by atoms with Crippen molar-refractivity contribution in [3.8, 4) is 0 Å². The van der Waals surface area contributed by atoms with Gasteiger partial charge in [0.05, 0.1) is 5.69 Å². The van der Waals surface area contributed by atoms with Crippen molar-refractivity contribution in [1.82, 2.24) is 15.5 Å². The molecule has 1 fully saturated rings. The molecule has 1 aromatic heterocycles.